The van der Waals surface area contributed by atoms with Gasteiger partial charge in [0.25, 0.3) is 0 Å². The molecule has 0 unspecified atom stereocenters. The first kappa shape index (κ1) is 18.9. The molecule has 0 fully saturated rings. The van der Waals surface area contributed by atoms with Crippen molar-refractivity contribution in [3.63, 3.8) is 0 Å². The topological polar surface area (TPSA) is 66.5 Å². The van der Waals surface area contributed by atoms with Crippen LogP contribution in [0.5, 0.6) is 0 Å². The minimum absolute atomic E-state index is 0.0430. The van der Waals surface area contributed by atoms with Crippen LogP contribution in [0.2, 0.25) is 0 Å². The lowest BCUT2D eigenvalue weighted by Gasteiger charge is -2.30. The molecule has 0 aliphatic heterocycles. The minimum atomic E-state index is -3.83. The Labute approximate surface area is 145 Å². The Bertz CT molecular complexity index is 854. The molecule has 0 heterocycles. The van der Waals surface area contributed by atoms with E-state index in [1.807, 2.05) is 0 Å². The standard InChI is InChI=1S/C17H18F2N2O3S/c1-3-16(17(22)20-15-7-5-4-6-14(15)19)21(25(2,23)24)13-10-8-12(18)9-11-13/h4-11,16H,3H2,1-2H3,(H,20,22)/t16-/m1/s1. The third kappa shape index (κ3) is 4.54. The second-order valence-corrected chi connectivity index (χ2v) is 7.29. The maximum absolute atomic E-state index is 13.7. The van der Waals surface area contributed by atoms with Crippen molar-refractivity contribution in [1.82, 2.24) is 0 Å². The summed E-state index contributed by atoms with van der Waals surface area (Å²) in [4.78, 5) is 12.6. The Morgan fingerprint density at radius 2 is 1.72 bits per heavy atom. The van der Waals surface area contributed by atoms with Gasteiger partial charge in [-0.05, 0) is 42.8 Å². The number of carbonyl (C=O) groups excluding carboxylic acids is 1. The number of hydrogen-bond donors (Lipinski definition) is 1. The molecular weight excluding hydrogens is 350 g/mol. The van der Waals surface area contributed by atoms with E-state index in [0.717, 1.165) is 22.7 Å². The molecular formula is C17H18F2N2O3S. The Hall–Kier alpha value is -2.48. The molecule has 25 heavy (non-hydrogen) atoms. The van der Waals surface area contributed by atoms with Crippen LogP contribution in [-0.4, -0.2) is 26.6 Å². The number of para-hydroxylation sites is 1. The van der Waals surface area contributed by atoms with Gasteiger partial charge in [-0.25, -0.2) is 17.2 Å². The normalized spacial score (nSPS) is 12.5. The Morgan fingerprint density at radius 1 is 1.12 bits per heavy atom. The number of benzene rings is 2. The minimum Gasteiger partial charge on any atom is -0.322 e. The van der Waals surface area contributed by atoms with Gasteiger partial charge in [-0.2, -0.15) is 0 Å². The summed E-state index contributed by atoms with van der Waals surface area (Å²) in [6.07, 6.45) is 1.10. The Kier molecular flexibility index (Phi) is 5.73. The monoisotopic (exact) mass is 368 g/mol. The molecule has 5 nitrogen and oxygen atoms in total. The number of carbonyl (C=O) groups is 1. The van der Waals surface area contributed by atoms with Gasteiger partial charge in [0, 0.05) is 0 Å². The Morgan fingerprint density at radius 3 is 2.24 bits per heavy atom. The fourth-order valence-corrected chi connectivity index (χ4v) is 3.64. The van der Waals surface area contributed by atoms with Gasteiger partial charge in [0.2, 0.25) is 15.9 Å². The molecule has 134 valence electrons. The van der Waals surface area contributed by atoms with Crippen molar-refractivity contribution in [2.75, 3.05) is 15.9 Å². The van der Waals surface area contributed by atoms with Gasteiger partial charge in [0.15, 0.2) is 0 Å². The van der Waals surface area contributed by atoms with Crippen molar-refractivity contribution < 1.29 is 22.0 Å². The quantitative estimate of drug-likeness (QED) is 0.852. The molecule has 0 saturated heterocycles. The summed E-state index contributed by atoms with van der Waals surface area (Å²) in [7, 11) is -3.83. The van der Waals surface area contributed by atoms with Crippen LogP contribution in [0.4, 0.5) is 20.2 Å². The fraction of sp³-hybridized carbons (Fsp3) is 0.235. The summed E-state index contributed by atoms with van der Waals surface area (Å²) in [5, 5.41) is 2.40. The van der Waals surface area contributed by atoms with Crippen molar-refractivity contribution in [2.45, 2.75) is 19.4 Å². The summed E-state index contributed by atoms with van der Waals surface area (Å²) >= 11 is 0. The average Bonchev–Trinajstić information content (AvgIpc) is 2.54. The number of sulfonamides is 1. The SMILES string of the molecule is CC[C@H](C(=O)Nc1ccccc1F)N(c1ccc(F)cc1)S(C)(=O)=O. The highest BCUT2D eigenvalue weighted by molar-refractivity contribution is 7.92. The summed E-state index contributed by atoms with van der Waals surface area (Å²) < 4.78 is 52.2. The predicted molar refractivity (Wildman–Crippen MR) is 92.8 cm³/mol. The molecule has 0 radical (unpaired) electrons. The van der Waals surface area contributed by atoms with Crippen molar-refractivity contribution in [3.8, 4) is 0 Å². The van der Waals surface area contributed by atoms with Gasteiger partial charge < -0.3 is 5.32 Å². The molecule has 0 spiro atoms. The number of rotatable bonds is 6. The first-order valence-electron chi connectivity index (χ1n) is 7.54. The van der Waals surface area contributed by atoms with Crippen LogP contribution in [0.1, 0.15) is 13.3 Å². The molecule has 0 saturated carbocycles. The summed E-state index contributed by atoms with van der Waals surface area (Å²) in [5.41, 5.74) is 0.109. The number of anilines is 2. The molecule has 0 aliphatic carbocycles. The van der Waals surface area contributed by atoms with Crippen molar-refractivity contribution >= 4 is 27.3 Å². The number of nitrogens with one attached hydrogen (secondary N) is 1. The molecule has 2 aromatic rings. The lowest BCUT2D eigenvalue weighted by Crippen LogP contribution is -2.47. The van der Waals surface area contributed by atoms with E-state index in [4.69, 9.17) is 0 Å². The molecule has 2 aromatic carbocycles. The summed E-state index contributed by atoms with van der Waals surface area (Å²) in [5.74, 6) is -1.83. The highest BCUT2D eigenvalue weighted by atomic mass is 32.2. The van der Waals surface area contributed by atoms with Gasteiger partial charge in [0.05, 0.1) is 17.6 Å². The Balaban J connectivity index is 2.38. The number of nitrogens with zero attached hydrogens (tertiary/aromatic N) is 1. The number of amides is 1. The van der Waals surface area contributed by atoms with Crippen molar-refractivity contribution in [2.24, 2.45) is 0 Å². The van der Waals surface area contributed by atoms with E-state index in [2.05, 4.69) is 5.32 Å². The number of halogens is 2. The van der Waals surface area contributed by atoms with E-state index in [9.17, 15) is 22.0 Å². The zero-order valence-electron chi connectivity index (χ0n) is 13.7. The van der Waals surface area contributed by atoms with Gasteiger partial charge in [-0.1, -0.05) is 19.1 Å². The van der Waals surface area contributed by atoms with E-state index < -0.39 is 33.6 Å². The molecule has 0 aromatic heterocycles. The second-order valence-electron chi connectivity index (χ2n) is 5.43. The van der Waals surface area contributed by atoms with Crippen LogP contribution < -0.4 is 9.62 Å². The van der Waals surface area contributed by atoms with Crippen molar-refractivity contribution in [3.05, 3.63) is 60.2 Å². The lowest BCUT2D eigenvalue weighted by atomic mass is 10.1. The van der Waals surface area contributed by atoms with Crippen LogP contribution in [0.25, 0.3) is 0 Å². The number of hydrogen-bond acceptors (Lipinski definition) is 3. The molecule has 0 bridgehead atoms. The zero-order chi connectivity index (χ0) is 18.6. The van der Waals surface area contributed by atoms with E-state index in [-0.39, 0.29) is 17.8 Å². The van der Waals surface area contributed by atoms with Crippen LogP contribution in [0, 0.1) is 11.6 Å². The van der Waals surface area contributed by atoms with E-state index >= 15 is 0 Å². The summed E-state index contributed by atoms with van der Waals surface area (Å²) in [6, 6.07) is 9.24. The lowest BCUT2D eigenvalue weighted by molar-refractivity contribution is -0.117. The average molecular weight is 368 g/mol. The summed E-state index contributed by atoms with van der Waals surface area (Å²) in [6.45, 7) is 1.63. The largest absolute Gasteiger partial charge is 0.322 e. The maximum Gasteiger partial charge on any atom is 0.248 e. The van der Waals surface area contributed by atoms with Crippen LogP contribution >= 0.6 is 0 Å². The van der Waals surface area contributed by atoms with Crippen molar-refractivity contribution in [1.29, 1.82) is 0 Å². The van der Waals surface area contributed by atoms with E-state index in [0.29, 0.717) is 0 Å². The molecule has 8 heteroatoms. The zero-order valence-corrected chi connectivity index (χ0v) is 14.6. The highest BCUT2D eigenvalue weighted by Gasteiger charge is 2.31. The predicted octanol–water partition coefficient (Wildman–Crippen LogP) is 3.15. The van der Waals surface area contributed by atoms with Crippen LogP contribution in [0.15, 0.2) is 48.5 Å². The molecule has 0 aliphatic rings. The molecule has 2 rings (SSSR count). The van der Waals surface area contributed by atoms with Crippen LogP contribution in [0.3, 0.4) is 0 Å². The van der Waals surface area contributed by atoms with E-state index in [1.54, 1.807) is 13.0 Å². The third-order valence-corrected chi connectivity index (χ3v) is 4.72. The fourth-order valence-electron chi connectivity index (χ4n) is 2.43. The van der Waals surface area contributed by atoms with E-state index in [1.165, 1.54) is 30.3 Å². The first-order chi connectivity index (χ1) is 11.7. The molecule has 1 N–H and O–H groups in total. The van der Waals surface area contributed by atoms with Gasteiger partial charge >= 0.3 is 0 Å². The highest BCUT2D eigenvalue weighted by Crippen LogP contribution is 2.24. The first-order valence-corrected chi connectivity index (χ1v) is 9.39. The third-order valence-electron chi connectivity index (χ3n) is 3.54. The van der Waals surface area contributed by atoms with Gasteiger partial charge in [-0.3, -0.25) is 9.10 Å². The van der Waals surface area contributed by atoms with Gasteiger partial charge in [-0.15, -0.1) is 0 Å². The smallest absolute Gasteiger partial charge is 0.248 e. The second kappa shape index (κ2) is 7.60. The van der Waals surface area contributed by atoms with Crippen LogP contribution in [-0.2, 0) is 14.8 Å². The van der Waals surface area contributed by atoms with Gasteiger partial charge in [0.1, 0.15) is 17.7 Å². The molecule has 1 atom stereocenters. The molecule has 1 amide bonds. The maximum atomic E-state index is 13.7.